The molecule has 4 nitrogen and oxygen atoms in total. The largest absolute Gasteiger partial charge is 0.497 e. The third kappa shape index (κ3) is 3.22. The van der Waals surface area contributed by atoms with E-state index in [1.165, 1.54) is 11.4 Å². The van der Waals surface area contributed by atoms with Gasteiger partial charge < -0.3 is 14.2 Å². The summed E-state index contributed by atoms with van der Waals surface area (Å²) in [5, 5.41) is 0. The molecule has 1 aromatic carbocycles. The van der Waals surface area contributed by atoms with E-state index >= 15 is 0 Å². The van der Waals surface area contributed by atoms with Crippen LogP contribution in [0.25, 0.3) is 0 Å². The number of nitrogens with zero attached hydrogens (tertiary/aromatic N) is 3. The molecular weight excluding hydrogens is 262 g/mol. The second-order valence-electron chi connectivity index (χ2n) is 5.57. The van der Waals surface area contributed by atoms with Gasteiger partial charge in [0, 0.05) is 57.3 Å². The predicted octanol–water partition coefficient (Wildman–Crippen LogP) is 2.36. The van der Waals surface area contributed by atoms with Crippen LogP contribution in [-0.4, -0.2) is 42.8 Å². The Morgan fingerprint density at radius 2 is 1.71 bits per heavy atom. The minimum Gasteiger partial charge on any atom is -0.497 e. The number of hydrogen-bond donors (Lipinski definition) is 0. The van der Waals surface area contributed by atoms with E-state index in [0.29, 0.717) is 0 Å². The van der Waals surface area contributed by atoms with Gasteiger partial charge in [-0.15, -0.1) is 0 Å². The number of methoxy groups -OCH3 is 1. The third-order valence-electron chi connectivity index (χ3n) is 4.25. The topological polar surface area (TPSA) is 20.6 Å². The smallest absolute Gasteiger partial charge is 0.119 e. The lowest BCUT2D eigenvalue weighted by Crippen LogP contribution is -2.46. The minimum atomic E-state index is 0.918. The van der Waals surface area contributed by atoms with Crippen molar-refractivity contribution in [3.8, 4) is 5.75 Å². The molecule has 1 fully saturated rings. The summed E-state index contributed by atoms with van der Waals surface area (Å²) in [5.74, 6) is 0.918. The predicted molar refractivity (Wildman–Crippen MR) is 85.9 cm³/mol. The van der Waals surface area contributed by atoms with E-state index in [-0.39, 0.29) is 0 Å². The second kappa shape index (κ2) is 6.22. The van der Waals surface area contributed by atoms with E-state index in [2.05, 4.69) is 51.9 Å². The molecule has 2 aromatic rings. The summed E-state index contributed by atoms with van der Waals surface area (Å²) < 4.78 is 7.42. The van der Waals surface area contributed by atoms with Crippen LogP contribution < -0.4 is 9.64 Å². The van der Waals surface area contributed by atoms with Crippen molar-refractivity contribution in [3.63, 3.8) is 0 Å². The Balaban J connectivity index is 1.56. The highest BCUT2D eigenvalue weighted by Gasteiger charge is 2.17. The van der Waals surface area contributed by atoms with E-state index in [1.54, 1.807) is 7.11 Å². The molecule has 0 radical (unpaired) electrons. The van der Waals surface area contributed by atoms with Gasteiger partial charge in [-0.3, -0.25) is 4.90 Å². The van der Waals surface area contributed by atoms with Gasteiger partial charge in [0.15, 0.2) is 0 Å². The number of hydrogen-bond acceptors (Lipinski definition) is 3. The molecule has 0 saturated carbocycles. The highest BCUT2D eigenvalue weighted by atomic mass is 16.5. The molecule has 0 unspecified atom stereocenters. The lowest BCUT2D eigenvalue weighted by atomic mass is 10.2. The quantitative estimate of drug-likeness (QED) is 0.860. The highest BCUT2D eigenvalue weighted by Crippen LogP contribution is 2.21. The standard InChI is InChI=1S/C17H23N3O/c1-18-9-3-4-16(18)14-19-10-12-20(13-11-19)15-5-7-17(21-2)8-6-15/h3-9H,10-14H2,1-2H3. The molecule has 0 atom stereocenters. The molecule has 3 rings (SSSR count). The van der Waals surface area contributed by atoms with Crippen molar-refractivity contribution in [3.05, 3.63) is 48.3 Å². The number of ether oxygens (including phenoxy) is 1. The maximum absolute atomic E-state index is 5.21. The molecule has 21 heavy (non-hydrogen) atoms. The summed E-state index contributed by atoms with van der Waals surface area (Å²) in [4.78, 5) is 4.97. The molecule has 2 heterocycles. The zero-order valence-corrected chi connectivity index (χ0v) is 12.8. The minimum absolute atomic E-state index is 0.918. The van der Waals surface area contributed by atoms with Crippen LogP contribution in [-0.2, 0) is 13.6 Å². The lowest BCUT2D eigenvalue weighted by Gasteiger charge is -2.36. The third-order valence-corrected chi connectivity index (χ3v) is 4.25. The molecule has 0 aliphatic carbocycles. The van der Waals surface area contributed by atoms with Crippen LogP contribution in [0, 0.1) is 0 Å². The number of rotatable bonds is 4. The zero-order valence-electron chi connectivity index (χ0n) is 12.8. The van der Waals surface area contributed by atoms with Crippen LogP contribution in [0.2, 0.25) is 0 Å². The fraction of sp³-hybridized carbons (Fsp3) is 0.412. The Morgan fingerprint density at radius 1 is 1.00 bits per heavy atom. The number of anilines is 1. The molecule has 0 N–H and O–H groups in total. The van der Waals surface area contributed by atoms with Crippen LogP contribution >= 0.6 is 0 Å². The van der Waals surface area contributed by atoms with Gasteiger partial charge in [0.25, 0.3) is 0 Å². The first-order valence-corrected chi connectivity index (χ1v) is 7.48. The van der Waals surface area contributed by atoms with Crippen LogP contribution in [0.15, 0.2) is 42.6 Å². The second-order valence-corrected chi connectivity index (χ2v) is 5.57. The normalized spacial score (nSPS) is 16.2. The maximum atomic E-state index is 5.21. The van der Waals surface area contributed by atoms with Crippen molar-refractivity contribution in [1.82, 2.24) is 9.47 Å². The summed E-state index contributed by atoms with van der Waals surface area (Å²) in [7, 11) is 3.82. The molecule has 0 amide bonds. The number of piperazine rings is 1. The Kier molecular flexibility index (Phi) is 4.15. The fourth-order valence-electron chi connectivity index (χ4n) is 2.85. The van der Waals surface area contributed by atoms with Gasteiger partial charge in [0.05, 0.1) is 7.11 Å². The molecule has 1 aliphatic heterocycles. The lowest BCUT2D eigenvalue weighted by molar-refractivity contribution is 0.245. The van der Waals surface area contributed by atoms with Crippen LogP contribution in [0.5, 0.6) is 5.75 Å². The summed E-state index contributed by atoms with van der Waals surface area (Å²) >= 11 is 0. The summed E-state index contributed by atoms with van der Waals surface area (Å²) in [5.41, 5.74) is 2.67. The SMILES string of the molecule is COc1ccc(N2CCN(Cc3cccn3C)CC2)cc1. The van der Waals surface area contributed by atoms with E-state index < -0.39 is 0 Å². The zero-order chi connectivity index (χ0) is 14.7. The van der Waals surface area contributed by atoms with Crippen molar-refractivity contribution < 1.29 is 4.74 Å². The van der Waals surface area contributed by atoms with Gasteiger partial charge in [-0.05, 0) is 36.4 Å². The van der Waals surface area contributed by atoms with Crippen molar-refractivity contribution in [1.29, 1.82) is 0 Å². The van der Waals surface area contributed by atoms with Crippen LogP contribution in [0.4, 0.5) is 5.69 Å². The number of benzene rings is 1. The summed E-state index contributed by atoms with van der Waals surface area (Å²) in [6.45, 7) is 5.42. The highest BCUT2D eigenvalue weighted by molar-refractivity contribution is 5.49. The van der Waals surface area contributed by atoms with Gasteiger partial charge in [-0.1, -0.05) is 0 Å². The van der Waals surface area contributed by atoms with E-state index in [0.717, 1.165) is 38.5 Å². The molecule has 1 saturated heterocycles. The van der Waals surface area contributed by atoms with E-state index in [9.17, 15) is 0 Å². The van der Waals surface area contributed by atoms with E-state index in [4.69, 9.17) is 4.74 Å². The van der Waals surface area contributed by atoms with E-state index in [1.807, 2.05) is 12.1 Å². The summed E-state index contributed by atoms with van der Waals surface area (Å²) in [6.07, 6.45) is 2.11. The first-order valence-electron chi connectivity index (χ1n) is 7.48. The monoisotopic (exact) mass is 285 g/mol. The van der Waals surface area contributed by atoms with Crippen LogP contribution in [0.3, 0.4) is 0 Å². The van der Waals surface area contributed by atoms with Gasteiger partial charge in [-0.2, -0.15) is 0 Å². The maximum Gasteiger partial charge on any atom is 0.119 e. The Bertz CT molecular complexity index is 568. The van der Waals surface area contributed by atoms with Crippen molar-refractivity contribution in [2.24, 2.45) is 7.05 Å². The number of aromatic nitrogens is 1. The van der Waals surface area contributed by atoms with Gasteiger partial charge in [-0.25, -0.2) is 0 Å². The van der Waals surface area contributed by atoms with Gasteiger partial charge >= 0.3 is 0 Å². The van der Waals surface area contributed by atoms with Crippen LogP contribution in [0.1, 0.15) is 5.69 Å². The Labute approximate surface area is 126 Å². The molecule has 1 aromatic heterocycles. The van der Waals surface area contributed by atoms with Crippen molar-refractivity contribution in [2.75, 3.05) is 38.2 Å². The van der Waals surface area contributed by atoms with Gasteiger partial charge in [0.1, 0.15) is 5.75 Å². The Hall–Kier alpha value is -1.94. The summed E-state index contributed by atoms with van der Waals surface area (Å²) in [6, 6.07) is 12.7. The van der Waals surface area contributed by atoms with Crippen molar-refractivity contribution in [2.45, 2.75) is 6.54 Å². The molecule has 112 valence electrons. The molecular formula is C17H23N3O. The molecule has 4 heteroatoms. The van der Waals surface area contributed by atoms with Gasteiger partial charge in [0.2, 0.25) is 0 Å². The van der Waals surface area contributed by atoms with Crippen molar-refractivity contribution >= 4 is 5.69 Å². The molecule has 0 spiro atoms. The first-order chi connectivity index (χ1) is 10.3. The average Bonchev–Trinajstić information content (AvgIpc) is 2.93. The number of aryl methyl sites for hydroxylation is 1. The molecule has 1 aliphatic rings. The average molecular weight is 285 g/mol. The molecule has 0 bridgehead atoms. The first kappa shape index (κ1) is 14.0. The fourth-order valence-corrected chi connectivity index (χ4v) is 2.85. The Morgan fingerprint density at radius 3 is 2.29 bits per heavy atom.